The van der Waals surface area contributed by atoms with Crippen molar-refractivity contribution in [3.05, 3.63) is 48.0 Å². The van der Waals surface area contributed by atoms with Crippen molar-refractivity contribution >= 4 is 21.6 Å². The van der Waals surface area contributed by atoms with Crippen molar-refractivity contribution in [2.24, 2.45) is 0 Å². The van der Waals surface area contributed by atoms with Gasteiger partial charge in [0.1, 0.15) is 16.4 Å². The van der Waals surface area contributed by atoms with E-state index in [1.165, 1.54) is 23.5 Å². The molecule has 9 heteroatoms. The number of benzene rings is 2. The highest BCUT2D eigenvalue weighted by Gasteiger charge is 2.30. The average Bonchev–Trinajstić information content (AvgIpc) is 2.75. The molecule has 8 nitrogen and oxygen atoms in total. The van der Waals surface area contributed by atoms with Gasteiger partial charge in [0.05, 0.1) is 20.3 Å². The standard InChI is InChI=1S/C21H26N2O6S/c1-15-4-7-18(8-5-15)29-16(2)21(24)22-17-6-9-19(27-3)20(14-17)30(25,26)23-10-12-28-13-11-23/h4-9,14,16H,10-13H2,1-3H3,(H,22,24)/t16-/m0/s1. The molecule has 30 heavy (non-hydrogen) atoms. The quantitative estimate of drug-likeness (QED) is 0.719. The van der Waals surface area contributed by atoms with E-state index < -0.39 is 22.0 Å². The van der Waals surface area contributed by atoms with Gasteiger partial charge in [0.25, 0.3) is 5.91 Å². The van der Waals surface area contributed by atoms with Crippen molar-refractivity contribution in [3.63, 3.8) is 0 Å². The Balaban J connectivity index is 1.77. The monoisotopic (exact) mass is 434 g/mol. The summed E-state index contributed by atoms with van der Waals surface area (Å²) in [4.78, 5) is 12.6. The fraction of sp³-hybridized carbons (Fsp3) is 0.381. The summed E-state index contributed by atoms with van der Waals surface area (Å²) in [5.41, 5.74) is 1.43. The molecule has 0 unspecified atom stereocenters. The van der Waals surface area contributed by atoms with Crippen LogP contribution < -0.4 is 14.8 Å². The lowest BCUT2D eigenvalue weighted by atomic mass is 10.2. The highest BCUT2D eigenvalue weighted by molar-refractivity contribution is 7.89. The lowest BCUT2D eigenvalue weighted by Crippen LogP contribution is -2.40. The maximum Gasteiger partial charge on any atom is 0.265 e. The Labute approximate surface area is 176 Å². The minimum absolute atomic E-state index is 0.00296. The number of hydrogen-bond acceptors (Lipinski definition) is 6. The number of methoxy groups -OCH3 is 1. The first-order valence-corrected chi connectivity index (χ1v) is 11.1. The smallest absolute Gasteiger partial charge is 0.265 e. The molecule has 1 atom stereocenters. The SMILES string of the molecule is COc1ccc(NC(=O)[C@H](C)Oc2ccc(C)cc2)cc1S(=O)(=O)N1CCOCC1. The Hall–Kier alpha value is -2.62. The molecule has 1 aliphatic heterocycles. The van der Waals surface area contributed by atoms with Crippen LogP contribution in [-0.2, 0) is 19.6 Å². The van der Waals surface area contributed by atoms with Gasteiger partial charge in [-0.2, -0.15) is 4.31 Å². The van der Waals surface area contributed by atoms with Crippen molar-refractivity contribution in [3.8, 4) is 11.5 Å². The number of aryl methyl sites for hydroxylation is 1. The number of rotatable bonds is 7. The highest BCUT2D eigenvalue weighted by atomic mass is 32.2. The Kier molecular flexibility index (Phi) is 6.96. The molecule has 0 spiro atoms. The van der Waals surface area contributed by atoms with E-state index in [9.17, 15) is 13.2 Å². The van der Waals surface area contributed by atoms with E-state index in [1.807, 2.05) is 19.1 Å². The minimum atomic E-state index is -3.79. The predicted molar refractivity (Wildman–Crippen MR) is 112 cm³/mol. The first-order chi connectivity index (χ1) is 14.3. The number of amides is 1. The number of carbonyl (C=O) groups excluding carboxylic acids is 1. The average molecular weight is 435 g/mol. The predicted octanol–water partition coefficient (Wildman–Crippen LogP) is 2.43. The van der Waals surface area contributed by atoms with E-state index in [4.69, 9.17) is 14.2 Å². The van der Waals surface area contributed by atoms with Crippen LogP contribution in [0.4, 0.5) is 5.69 Å². The van der Waals surface area contributed by atoms with Crippen LogP contribution in [0.2, 0.25) is 0 Å². The van der Waals surface area contributed by atoms with Gasteiger partial charge in [-0.1, -0.05) is 17.7 Å². The van der Waals surface area contributed by atoms with Crippen LogP contribution in [0.15, 0.2) is 47.4 Å². The van der Waals surface area contributed by atoms with E-state index in [1.54, 1.807) is 25.1 Å². The lowest BCUT2D eigenvalue weighted by molar-refractivity contribution is -0.122. The van der Waals surface area contributed by atoms with Crippen molar-refractivity contribution in [1.29, 1.82) is 0 Å². The van der Waals surface area contributed by atoms with Gasteiger partial charge in [0.2, 0.25) is 10.0 Å². The molecule has 0 aliphatic carbocycles. The third-order valence-corrected chi connectivity index (χ3v) is 6.64. The van der Waals surface area contributed by atoms with Crippen LogP contribution >= 0.6 is 0 Å². The van der Waals surface area contributed by atoms with Crippen molar-refractivity contribution in [2.45, 2.75) is 24.8 Å². The number of ether oxygens (including phenoxy) is 3. The number of sulfonamides is 1. The number of carbonyl (C=O) groups is 1. The summed E-state index contributed by atoms with van der Waals surface area (Å²) in [5.74, 6) is 0.396. The molecule has 3 rings (SSSR count). The Morgan fingerprint density at radius 2 is 1.80 bits per heavy atom. The van der Waals surface area contributed by atoms with Crippen LogP contribution in [0.1, 0.15) is 12.5 Å². The summed E-state index contributed by atoms with van der Waals surface area (Å²) < 4.78 is 43.6. The van der Waals surface area contributed by atoms with Crippen LogP contribution in [0.5, 0.6) is 11.5 Å². The fourth-order valence-corrected chi connectivity index (χ4v) is 4.59. The summed E-state index contributed by atoms with van der Waals surface area (Å²) >= 11 is 0. The van der Waals surface area contributed by atoms with Gasteiger partial charge in [-0.05, 0) is 44.2 Å². The number of nitrogens with one attached hydrogen (secondary N) is 1. The van der Waals surface area contributed by atoms with E-state index in [-0.39, 0.29) is 23.7 Å². The molecule has 0 saturated carbocycles. The van der Waals surface area contributed by atoms with Crippen molar-refractivity contribution in [2.75, 3.05) is 38.7 Å². The lowest BCUT2D eigenvalue weighted by Gasteiger charge is -2.27. The normalized spacial score (nSPS) is 16.0. The Bertz CT molecular complexity index is 985. The molecular formula is C21H26N2O6S. The van der Waals surface area contributed by atoms with Crippen molar-refractivity contribution < 1.29 is 27.4 Å². The van der Waals surface area contributed by atoms with Crippen LogP contribution in [0, 0.1) is 6.92 Å². The number of nitrogens with zero attached hydrogens (tertiary/aromatic N) is 1. The molecule has 1 amide bonds. The zero-order valence-corrected chi connectivity index (χ0v) is 18.1. The summed E-state index contributed by atoms with van der Waals surface area (Å²) in [5, 5.41) is 2.71. The molecule has 1 aliphatic rings. The third-order valence-electron chi connectivity index (χ3n) is 4.72. The van der Waals surface area contributed by atoms with Crippen LogP contribution in [0.3, 0.4) is 0 Å². The second-order valence-electron chi connectivity index (χ2n) is 6.94. The molecule has 162 valence electrons. The largest absolute Gasteiger partial charge is 0.495 e. The highest BCUT2D eigenvalue weighted by Crippen LogP contribution is 2.30. The van der Waals surface area contributed by atoms with E-state index in [0.717, 1.165) is 5.56 Å². The second-order valence-corrected chi connectivity index (χ2v) is 8.85. The maximum absolute atomic E-state index is 13.1. The number of hydrogen-bond donors (Lipinski definition) is 1. The van der Waals surface area contributed by atoms with Gasteiger partial charge in [0.15, 0.2) is 6.10 Å². The van der Waals surface area contributed by atoms with E-state index in [0.29, 0.717) is 24.7 Å². The van der Waals surface area contributed by atoms with Gasteiger partial charge in [0, 0.05) is 18.8 Å². The van der Waals surface area contributed by atoms with Gasteiger partial charge in [-0.3, -0.25) is 4.79 Å². The molecular weight excluding hydrogens is 408 g/mol. The number of morpholine rings is 1. The first kappa shape index (κ1) is 22.1. The maximum atomic E-state index is 13.1. The van der Waals surface area contributed by atoms with E-state index in [2.05, 4.69) is 5.32 Å². The first-order valence-electron chi connectivity index (χ1n) is 9.61. The summed E-state index contributed by atoms with van der Waals surface area (Å²) in [6, 6.07) is 11.9. The molecule has 0 aromatic heterocycles. The Morgan fingerprint density at radius 3 is 2.43 bits per heavy atom. The summed E-state index contributed by atoms with van der Waals surface area (Å²) in [6.45, 7) is 4.81. The molecule has 1 heterocycles. The molecule has 1 saturated heterocycles. The minimum Gasteiger partial charge on any atom is -0.495 e. The molecule has 0 bridgehead atoms. The zero-order valence-electron chi connectivity index (χ0n) is 17.3. The second kappa shape index (κ2) is 9.46. The zero-order chi connectivity index (χ0) is 21.7. The van der Waals surface area contributed by atoms with Crippen LogP contribution in [0.25, 0.3) is 0 Å². The van der Waals surface area contributed by atoms with Gasteiger partial charge in [-0.15, -0.1) is 0 Å². The molecule has 2 aromatic carbocycles. The topological polar surface area (TPSA) is 94.2 Å². The Morgan fingerprint density at radius 1 is 1.13 bits per heavy atom. The van der Waals surface area contributed by atoms with Gasteiger partial charge >= 0.3 is 0 Å². The van der Waals surface area contributed by atoms with Gasteiger partial charge in [-0.25, -0.2) is 8.42 Å². The van der Waals surface area contributed by atoms with Gasteiger partial charge < -0.3 is 19.5 Å². The summed E-state index contributed by atoms with van der Waals surface area (Å²) in [7, 11) is -2.38. The fourth-order valence-electron chi connectivity index (χ4n) is 3.00. The molecule has 1 N–H and O–H groups in total. The van der Waals surface area contributed by atoms with E-state index >= 15 is 0 Å². The summed E-state index contributed by atoms with van der Waals surface area (Å²) in [6.07, 6.45) is -0.769. The third kappa shape index (κ3) is 5.10. The van der Waals surface area contributed by atoms with Crippen LogP contribution in [-0.4, -0.2) is 58.1 Å². The van der Waals surface area contributed by atoms with Crippen molar-refractivity contribution in [1.82, 2.24) is 4.31 Å². The molecule has 0 radical (unpaired) electrons. The molecule has 1 fully saturated rings. The number of anilines is 1. The molecule has 2 aromatic rings.